The van der Waals surface area contributed by atoms with Crippen molar-refractivity contribution >= 4 is 0 Å². The van der Waals surface area contributed by atoms with Gasteiger partial charge in [-0.2, -0.15) is 26.3 Å². The molecule has 0 radical (unpaired) electrons. The Morgan fingerprint density at radius 3 is 1.75 bits per heavy atom. The zero-order valence-corrected chi connectivity index (χ0v) is 11.3. The summed E-state index contributed by atoms with van der Waals surface area (Å²) in [5.74, 6) is -4.49. The molecule has 0 aromatic heterocycles. The molecule has 2 unspecified atom stereocenters. The van der Waals surface area contributed by atoms with Gasteiger partial charge in [0.15, 0.2) is 0 Å². The van der Waals surface area contributed by atoms with E-state index in [2.05, 4.69) is 9.47 Å². The molecule has 120 valence electrons. The summed E-state index contributed by atoms with van der Waals surface area (Å²) in [5.41, 5.74) is 0. The summed E-state index contributed by atoms with van der Waals surface area (Å²) in [6.07, 6.45) is -11.5. The van der Waals surface area contributed by atoms with Crippen LogP contribution in [0.5, 0.6) is 0 Å². The van der Waals surface area contributed by atoms with E-state index < -0.39 is 30.3 Å². The Kier molecular flexibility index (Phi) is 5.34. The van der Waals surface area contributed by atoms with Crippen molar-refractivity contribution < 1.29 is 35.8 Å². The SMILES string of the molecule is CCCCCC1OC(C(F)(F)F)(C(F)(F)F)OC1CC. The largest absolute Gasteiger partial charge is 0.453 e. The number of hydrogen-bond donors (Lipinski definition) is 0. The molecule has 1 aliphatic heterocycles. The highest BCUT2D eigenvalue weighted by Gasteiger charge is 2.78. The third-order valence-electron chi connectivity index (χ3n) is 3.29. The quantitative estimate of drug-likeness (QED) is 0.546. The van der Waals surface area contributed by atoms with Crippen molar-refractivity contribution in [1.29, 1.82) is 0 Å². The summed E-state index contributed by atoms with van der Waals surface area (Å²) in [7, 11) is 0. The molecule has 0 saturated carbocycles. The van der Waals surface area contributed by atoms with E-state index in [0.717, 1.165) is 12.8 Å². The van der Waals surface area contributed by atoms with E-state index in [4.69, 9.17) is 0 Å². The lowest BCUT2D eigenvalue weighted by Crippen LogP contribution is -2.58. The Morgan fingerprint density at radius 2 is 1.35 bits per heavy atom. The van der Waals surface area contributed by atoms with E-state index in [1.165, 1.54) is 6.92 Å². The lowest BCUT2D eigenvalue weighted by Gasteiger charge is -2.31. The topological polar surface area (TPSA) is 18.5 Å². The molecule has 0 bridgehead atoms. The third kappa shape index (κ3) is 3.21. The van der Waals surface area contributed by atoms with Gasteiger partial charge >= 0.3 is 18.1 Å². The Hall–Kier alpha value is -0.500. The van der Waals surface area contributed by atoms with Gasteiger partial charge in [-0.3, -0.25) is 0 Å². The van der Waals surface area contributed by atoms with Crippen LogP contribution in [0.15, 0.2) is 0 Å². The van der Waals surface area contributed by atoms with Crippen LogP contribution in [0, 0.1) is 0 Å². The lowest BCUT2D eigenvalue weighted by atomic mass is 10.0. The molecule has 2 nitrogen and oxygen atoms in total. The highest BCUT2D eigenvalue weighted by molar-refractivity contribution is 4.95. The van der Waals surface area contributed by atoms with E-state index in [0.29, 0.717) is 6.42 Å². The molecule has 1 fully saturated rings. The smallest absolute Gasteiger partial charge is 0.329 e. The van der Waals surface area contributed by atoms with E-state index in [-0.39, 0.29) is 12.8 Å². The summed E-state index contributed by atoms with van der Waals surface area (Å²) in [5, 5.41) is 0. The van der Waals surface area contributed by atoms with Gasteiger partial charge in [0.1, 0.15) is 0 Å². The molecule has 0 aromatic rings. The highest BCUT2D eigenvalue weighted by Crippen LogP contribution is 2.52. The molecule has 8 heteroatoms. The van der Waals surface area contributed by atoms with E-state index in [1.807, 2.05) is 6.92 Å². The van der Waals surface area contributed by atoms with Crippen LogP contribution in [0.3, 0.4) is 0 Å². The van der Waals surface area contributed by atoms with E-state index in [1.54, 1.807) is 0 Å². The maximum absolute atomic E-state index is 12.8. The second kappa shape index (κ2) is 6.09. The van der Waals surface area contributed by atoms with Crippen LogP contribution < -0.4 is 0 Å². The number of unbranched alkanes of at least 4 members (excludes halogenated alkanes) is 2. The van der Waals surface area contributed by atoms with Crippen molar-refractivity contribution in [2.24, 2.45) is 0 Å². The van der Waals surface area contributed by atoms with Crippen molar-refractivity contribution in [3.05, 3.63) is 0 Å². The zero-order valence-electron chi connectivity index (χ0n) is 11.3. The fourth-order valence-electron chi connectivity index (χ4n) is 2.22. The Morgan fingerprint density at radius 1 is 0.850 bits per heavy atom. The monoisotopic (exact) mass is 308 g/mol. The van der Waals surface area contributed by atoms with Crippen LogP contribution in [0.1, 0.15) is 46.0 Å². The van der Waals surface area contributed by atoms with Crippen molar-refractivity contribution in [2.75, 3.05) is 0 Å². The minimum absolute atomic E-state index is 0.0324. The number of hydrogen-bond acceptors (Lipinski definition) is 2. The number of rotatable bonds is 5. The minimum atomic E-state index is -5.65. The van der Waals surface area contributed by atoms with Crippen molar-refractivity contribution in [2.45, 2.75) is 76.3 Å². The fourth-order valence-corrected chi connectivity index (χ4v) is 2.22. The minimum Gasteiger partial charge on any atom is -0.329 e. The Balaban J connectivity index is 2.95. The van der Waals surface area contributed by atoms with Gasteiger partial charge in [-0.1, -0.05) is 33.1 Å². The summed E-state index contributed by atoms with van der Waals surface area (Å²) < 4.78 is 85.5. The van der Waals surface area contributed by atoms with Gasteiger partial charge in [0.25, 0.3) is 0 Å². The molecule has 0 N–H and O–H groups in total. The maximum atomic E-state index is 12.8. The first-order valence-electron chi connectivity index (χ1n) is 6.58. The summed E-state index contributed by atoms with van der Waals surface area (Å²) in [6.45, 7) is 3.36. The molecule has 0 amide bonds. The van der Waals surface area contributed by atoms with Gasteiger partial charge in [-0.05, 0) is 12.8 Å². The van der Waals surface area contributed by atoms with Gasteiger partial charge in [0, 0.05) is 0 Å². The molecule has 2 atom stereocenters. The number of alkyl halides is 6. The van der Waals surface area contributed by atoms with E-state index in [9.17, 15) is 26.3 Å². The van der Waals surface area contributed by atoms with Gasteiger partial charge in [0.05, 0.1) is 12.2 Å². The van der Waals surface area contributed by atoms with Crippen LogP contribution in [-0.2, 0) is 9.47 Å². The summed E-state index contributed by atoms with van der Waals surface area (Å²) in [4.78, 5) is 0. The average Bonchev–Trinajstić information content (AvgIpc) is 2.68. The lowest BCUT2D eigenvalue weighted by molar-refractivity contribution is -0.446. The fraction of sp³-hybridized carbons (Fsp3) is 1.00. The average molecular weight is 308 g/mol. The molecular weight excluding hydrogens is 290 g/mol. The Bertz CT molecular complexity index is 298. The normalized spacial score (nSPS) is 27.0. The molecule has 0 aliphatic carbocycles. The first-order valence-corrected chi connectivity index (χ1v) is 6.58. The van der Waals surface area contributed by atoms with Gasteiger partial charge in [-0.25, -0.2) is 0 Å². The van der Waals surface area contributed by atoms with Crippen molar-refractivity contribution in [3.8, 4) is 0 Å². The molecule has 1 saturated heterocycles. The molecule has 1 heterocycles. The number of halogens is 6. The van der Waals surface area contributed by atoms with Crippen LogP contribution in [0.25, 0.3) is 0 Å². The van der Waals surface area contributed by atoms with E-state index >= 15 is 0 Å². The van der Waals surface area contributed by atoms with Crippen LogP contribution >= 0.6 is 0 Å². The van der Waals surface area contributed by atoms with Crippen LogP contribution in [0.2, 0.25) is 0 Å². The van der Waals surface area contributed by atoms with Gasteiger partial charge < -0.3 is 9.47 Å². The standard InChI is InChI=1S/C12H18F6O2/c1-3-5-6-7-9-8(4-2)19-10(20-9,11(13,14)15)12(16,17)18/h8-9H,3-7H2,1-2H3. The molecular formula is C12H18F6O2. The summed E-state index contributed by atoms with van der Waals surface area (Å²) >= 11 is 0. The van der Waals surface area contributed by atoms with Crippen LogP contribution in [0.4, 0.5) is 26.3 Å². The molecule has 1 rings (SSSR count). The molecule has 0 aromatic carbocycles. The second-order valence-electron chi connectivity index (χ2n) is 4.83. The third-order valence-corrected chi connectivity index (χ3v) is 3.29. The summed E-state index contributed by atoms with van der Waals surface area (Å²) in [6, 6.07) is 0. The Labute approximate surface area is 113 Å². The van der Waals surface area contributed by atoms with Crippen LogP contribution in [-0.4, -0.2) is 30.3 Å². The van der Waals surface area contributed by atoms with Crippen molar-refractivity contribution in [1.82, 2.24) is 0 Å². The second-order valence-corrected chi connectivity index (χ2v) is 4.83. The number of ether oxygens (including phenoxy) is 2. The molecule has 0 spiro atoms. The highest BCUT2D eigenvalue weighted by atomic mass is 19.4. The van der Waals surface area contributed by atoms with Gasteiger partial charge in [0.2, 0.25) is 0 Å². The van der Waals surface area contributed by atoms with Gasteiger partial charge in [-0.15, -0.1) is 0 Å². The first kappa shape index (κ1) is 17.6. The first-order chi connectivity index (χ1) is 9.09. The van der Waals surface area contributed by atoms with Crippen molar-refractivity contribution in [3.63, 3.8) is 0 Å². The zero-order chi connectivity index (χ0) is 15.6. The molecule has 1 aliphatic rings. The maximum Gasteiger partial charge on any atom is 0.453 e. The predicted octanol–water partition coefficient (Wildman–Crippen LogP) is 4.58. The molecule has 20 heavy (non-hydrogen) atoms. The predicted molar refractivity (Wildman–Crippen MR) is 59.0 cm³/mol.